The van der Waals surface area contributed by atoms with Gasteiger partial charge in [-0.25, -0.2) is 0 Å². The van der Waals surface area contributed by atoms with Crippen molar-refractivity contribution in [3.63, 3.8) is 0 Å². The summed E-state index contributed by atoms with van der Waals surface area (Å²) in [5, 5.41) is 0. The topological polar surface area (TPSA) is 0 Å². The van der Waals surface area contributed by atoms with Gasteiger partial charge in [0, 0.05) is 0 Å². The van der Waals surface area contributed by atoms with Crippen LogP contribution in [-0.4, -0.2) is 0 Å². The van der Waals surface area contributed by atoms with E-state index in [-0.39, 0.29) is 60.8 Å². The molecule has 0 N–H and O–H groups in total. The summed E-state index contributed by atoms with van der Waals surface area (Å²) in [6.07, 6.45) is 3.75. The third-order valence-electron chi connectivity index (χ3n) is 2.67. The van der Waals surface area contributed by atoms with Crippen LogP contribution in [0.15, 0.2) is 146 Å². The smallest absolute Gasteiger partial charge is 0.358 e. The van der Waals surface area contributed by atoms with Crippen molar-refractivity contribution in [2.45, 2.75) is 145 Å². The molecule has 0 saturated heterocycles. The first kappa shape index (κ1) is 85.5. The predicted molar refractivity (Wildman–Crippen MR) is 237 cm³/mol. The third-order valence-corrected chi connectivity index (χ3v) is 2.67. The molecule has 0 amide bonds. The van der Waals surface area contributed by atoms with E-state index in [0.717, 1.165) is 0 Å². The molecule has 0 aliphatic heterocycles. The molecule has 0 aromatic heterocycles. The first-order chi connectivity index (χ1) is 21.2. The molecule has 0 aliphatic carbocycles. The minimum absolute atomic E-state index is 0. The average Bonchev–Trinajstić information content (AvgIpc) is 3.14. The number of benzene rings is 4. The van der Waals surface area contributed by atoms with Gasteiger partial charge in [-0.15, -0.1) is 0 Å². The summed E-state index contributed by atoms with van der Waals surface area (Å²) in [5.41, 5.74) is 0. The van der Waals surface area contributed by atoms with Crippen molar-refractivity contribution in [3.8, 4) is 0 Å². The Kier molecular flexibility index (Phi) is 249. The maximum absolute atomic E-state index is 2.12. The van der Waals surface area contributed by atoms with Gasteiger partial charge in [0.15, 0.2) is 0 Å². The van der Waals surface area contributed by atoms with E-state index in [9.17, 15) is 0 Å². The van der Waals surface area contributed by atoms with Gasteiger partial charge in [0.05, 0.1) is 0 Å². The maximum atomic E-state index is 2.12. The quantitative estimate of drug-likeness (QED) is 0.154. The second-order valence-electron chi connectivity index (χ2n) is 6.74. The molecule has 0 spiro atoms. The summed E-state index contributed by atoms with van der Waals surface area (Å²) in [6, 6.07) is 48.0. The normalized spacial score (nSPS) is 5.75. The van der Waals surface area contributed by atoms with Gasteiger partial charge in [0.25, 0.3) is 0 Å². The zero-order valence-electron chi connectivity index (χ0n) is 34.5. The zero-order chi connectivity index (χ0) is 35.1. The van der Waals surface area contributed by atoms with Gasteiger partial charge < -0.3 is 14.9 Å². The number of rotatable bonds is 0. The van der Waals surface area contributed by atoms with Crippen LogP contribution in [-0.2, 0) is 0 Å². The summed E-state index contributed by atoms with van der Waals surface area (Å²) in [7, 11) is 0. The van der Waals surface area contributed by atoms with Crippen molar-refractivity contribution in [2.75, 3.05) is 0 Å². The fraction of sp³-hybridized carbons (Fsp3) is 0.447. The van der Waals surface area contributed by atoms with E-state index in [0.29, 0.717) is 0 Å². The Balaban J connectivity index is -0.0000000259. The van der Waals surface area contributed by atoms with E-state index in [4.69, 9.17) is 0 Å². The molecule has 48 heavy (non-hydrogen) atoms. The summed E-state index contributed by atoms with van der Waals surface area (Å²) in [6.45, 7) is 32.8. The Labute approximate surface area is 334 Å². The van der Waals surface area contributed by atoms with E-state index < -0.39 is 0 Å². The van der Waals surface area contributed by atoms with Gasteiger partial charge in [-0.05, 0) is 0 Å². The molecule has 0 bridgehead atoms. The first-order valence-corrected chi connectivity index (χ1v) is 17.2. The van der Waals surface area contributed by atoms with Crippen molar-refractivity contribution in [2.24, 2.45) is 0 Å². The van der Waals surface area contributed by atoms with Crippen LogP contribution in [0.25, 0.3) is 0 Å². The minimum atomic E-state index is 0. The summed E-state index contributed by atoms with van der Waals surface area (Å²) >= 11 is 0. The Morgan fingerprint density at radius 1 is 0.208 bits per heavy atom. The summed E-state index contributed by atoms with van der Waals surface area (Å²) in [4.78, 5) is 0. The molecule has 0 nitrogen and oxygen atoms in total. The second-order valence-corrected chi connectivity index (χ2v) is 6.74. The van der Waals surface area contributed by atoms with E-state index in [1.165, 1.54) is 19.3 Å². The Morgan fingerprint density at radius 3 is 0.250 bits per heavy atom. The molecule has 0 unspecified atom stereocenters. The van der Waals surface area contributed by atoms with Crippen LogP contribution in [0.4, 0.5) is 0 Å². The molecule has 284 valence electrons. The van der Waals surface area contributed by atoms with Gasteiger partial charge in [0.2, 0.25) is 0 Å². The molecule has 0 aliphatic rings. The van der Waals surface area contributed by atoms with E-state index >= 15 is 0 Å². The van der Waals surface area contributed by atoms with Gasteiger partial charge in [-0.1, -0.05) is 290 Å². The van der Waals surface area contributed by atoms with Crippen LogP contribution in [0.3, 0.4) is 0 Å². The van der Waals surface area contributed by atoms with Crippen molar-refractivity contribution in [1.29, 1.82) is 0 Å². The molecule has 1 heteroatoms. The van der Waals surface area contributed by atoms with Crippen molar-refractivity contribution in [3.05, 3.63) is 160 Å². The average molecular weight is 895 g/mol. The number of hydrogen-bond acceptors (Lipinski definition) is 0. The van der Waals surface area contributed by atoms with Crippen molar-refractivity contribution >= 4 is 0 Å². The molecule has 0 atom stereocenters. The fourth-order valence-corrected chi connectivity index (χ4v) is 1.54. The Bertz CT molecular complexity index is 461. The van der Waals surface area contributed by atoms with Crippen LogP contribution in [0.5, 0.6) is 0 Å². The summed E-state index contributed by atoms with van der Waals surface area (Å²) < 4.78 is 0. The van der Waals surface area contributed by atoms with Gasteiger partial charge in [-0.2, -0.15) is 0 Å². The SMILES string of the molecule is C.C.CC.CC.CC.CC.CC.CCC.CCC.CCC.[CH3-].[CH3-].[U+2].c1ccccc1.c1ccccc1.c1ccccc1.c1ccccc1. The van der Waals surface area contributed by atoms with Gasteiger partial charge in [-0.3, -0.25) is 0 Å². The molecule has 0 saturated carbocycles. The fourth-order valence-electron chi connectivity index (χ4n) is 1.54. The van der Waals surface area contributed by atoms with Gasteiger partial charge >= 0.3 is 31.1 Å². The third kappa shape index (κ3) is 168. The molecular formula is C47H92U. The largest absolute Gasteiger partial charge is 2.00 e. The molecule has 4 rings (SSSR count). The van der Waals surface area contributed by atoms with Crippen LogP contribution < -0.4 is 0 Å². The summed E-state index contributed by atoms with van der Waals surface area (Å²) in [5.74, 6) is 0. The van der Waals surface area contributed by atoms with Gasteiger partial charge in [0.1, 0.15) is 0 Å². The number of hydrogen-bond donors (Lipinski definition) is 0. The molecule has 0 heterocycles. The van der Waals surface area contributed by atoms with E-state index in [1.807, 2.05) is 215 Å². The predicted octanol–water partition coefficient (Wildman–Crippen LogP) is 18.3. The molecular weight excluding hydrogens is 803 g/mol. The van der Waals surface area contributed by atoms with Crippen molar-refractivity contribution in [1.82, 2.24) is 0 Å². The van der Waals surface area contributed by atoms with Crippen molar-refractivity contribution < 1.29 is 31.1 Å². The molecule has 0 radical (unpaired) electrons. The van der Waals surface area contributed by atoms with Crippen LogP contribution in [0, 0.1) is 46.0 Å². The zero-order valence-corrected chi connectivity index (χ0v) is 38.6. The maximum Gasteiger partial charge on any atom is 2.00 e. The minimum Gasteiger partial charge on any atom is -0.358 e. The second kappa shape index (κ2) is 140. The Hall–Kier alpha value is -2.07. The molecule has 0 fully saturated rings. The van der Waals surface area contributed by atoms with E-state index in [1.54, 1.807) is 0 Å². The van der Waals surface area contributed by atoms with Crippen LogP contribution in [0.2, 0.25) is 0 Å². The standard InChI is InChI=1S/4C6H6.3C3H8.5C2H6.2CH4.2CH3.U/c4*1-2-4-6-5-3-1;3*1-3-2;5*1-2;;;;;/h4*1-6H;3*3H2,1-2H3;5*1-2H3;2*1H4;2*1H3;/q;;;;;;;;;;;;;;2*-1;+2. The van der Waals surface area contributed by atoms with Crippen LogP contribution >= 0.6 is 0 Å². The Morgan fingerprint density at radius 2 is 0.229 bits per heavy atom. The van der Waals surface area contributed by atoms with E-state index in [2.05, 4.69) is 41.5 Å². The monoisotopic (exact) mass is 895 g/mol. The first-order valence-electron chi connectivity index (χ1n) is 17.2. The molecule has 4 aromatic carbocycles. The van der Waals surface area contributed by atoms with Crippen LogP contribution in [0.1, 0.15) is 145 Å². The molecule has 4 aromatic rings.